The average Bonchev–Trinajstić information content (AvgIpc) is 3.27. The third kappa shape index (κ3) is 4.19. The van der Waals surface area contributed by atoms with Gasteiger partial charge in [-0.05, 0) is 79.2 Å². The Labute approximate surface area is 189 Å². The van der Waals surface area contributed by atoms with Crippen LogP contribution in [0.2, 0.25) is 10.0 Å². The molecule has 0 aliphatic carbocycles. The predicted molar refractivity (Wildman–Crippen MR) is 126 cm³/mol. The van der Waals surface area contributed by atoms with E-state index >= 15 is 0 Å². The number of amides is 1. The molecule has 0 N–H and O–H groups in total. The molecule has 4 nitrogen and oxygen atoms in total. The van der Waals surface area contributed by atoms with Crippen molar-refractivity contribution in [2.75, 3.05) is 7.05 Å². The van der Waals surface area contributed by atoms with E-state index in [1.165, 1.54) is 17.3 Å². The predicted octanol–water partition coefficient (Wildman–Crippen LogP) is 7.10. The van der Waals surface area contributed by atoms with Crippen LogP contribution in [0.25, 0.3) is 17.4 Å². The number of halogens is 2. The molecule has 2 aromatic carbocycles. The fourth-order valence-electron chi connectivity index (χ4n) is 2.95. The monoisotopic (exact) mass is 456 g/mol. The van der Waals surface area contributed by atoms with Crippen molar-refractivity contribution in [3.8, 4) is 11.3 Å². The molecular weight excluding hydrogens is 439 g/mol. The summed E-state index contributed by atoms with van der Waals surface area (Å²) in [6.07, 6.45) is 1.72. The first-order valence-electron chi connectivity index (χ1n) is 9.20. The Bertz CT molecular complexity index is 1210. The van der Waals surface area contributed by atoms with Crippen LogP contribution in [0.5, 0.6) is 0 Å². The summed E-state index contributed by atoms with van der Waals surface area (Å²) in [4.78, 5) is 19.4. The van der Waals surface area contributed by atoms with Gasteiger partial charge in [0.05, 0.1) is 15.6 Å². The van der Waals surface area contributed by atoms with Gasteiger partial charge in [-0.25, -0.2) is 4.99 Å². The number of amidine groups is 1. The van der Waals surface area contributed by atoms with Crippen molar-refractivity contribution in [1.29, 1.82) is 0 Å². The standard InChI is InChI=1S/C23H18Cl2N2O2S/c1-13-4-6-16(10-14(13)2)26-23-27(3)22(28)21(30-23)12-17-7-9-20(29-17)18-11-15(24)5-8-19(18)25/h4-12H,1-3H3. The fraction of sp³-hybridized carbons (Fsp3) is 0.130. The van der Waals surface area contributed by atoms with E-state index in [2.05, 4.69) is 11.9 Å². The molecule has 3 aromatic rings. The molecule has 1 aliphatic heterocycles. The third-order valence-corrected chi connectivity index (χ3v) is 6.44. The van der Waals surface area contributed by atoms with Gasteiger partial charge in [0.15, 0.2) is 5.17 Å². The number of furan rings is 1. The van der Waals surface area contributed by atoms with Gasteiger partial charge >= 0.3 is 0 Å². The minimum Gasteiger partial charge on any atom is -0.457 e. The third-order valence-electron chi connectivity index (χ3n) is 4.81. The zero-order chi connectivity index (χ0) is 21.4. The van der Waals surface area contributed by atoms with E-state index in [9.17, 15) is 4.79 Å². The van der Waals surface area contributed by atoms with Gasteiger partial charge in [0.25, 0.3) is 5.91 Å². The van der Waals surface area contributed by atoms with Crippen LogP contribution in [0.1, 0.15) is 16.9 Å². The van der Waals surface area contributed by atoms with Crippen LogP contribution in [0.4, 0.5) is 5.69 Å². The molecular formula is C23H18Cl2N2O2S. The molecule has 7 heteroatoms. The number of hydrogen-bond donors (Lipinski definition) is 0. The molecule has 0 atom stereocenters. The van der Waals surface area contributed by atoms with Gasteiger partial charge in [0, 0.05) is 23.7 Å². The highest BCUT2D eigenvalue weighted by Gasteiger charge is 2.30. The Morgan fingerprint density at radius 1 is 1.03 bits per heavy atom. The number of likely N-dealkylation sites (N-methyl/N-ethyl adjacent to an activating group) is 1. The first-order chi connectivity index (χ1) is 14.3. The lowest BCUT2D eigenvalue weighted by atomic mass is 10.1. The SMILES string of the molecule is Cc1ccc(N=C2SC(=Cc3ccc(-c4cc(Cl)ccc4Cl)o3)C(=O)N2C)cc1C. The van der Waals surface area contributed by atoms with Crippen molar-refractivity contribution in [3.05, 3.63) is 80.4 Å². The van der Waals surface area contributed by atoms with Crippen molar-refractivity contribution in [2.45, 2.75) is 13.8 Å². The van der Waals surface area contributed by atoms with Crippen LogP contribution >= 0.6 is 35.0 Å². The molecule has 4 rings (SSSR count). The van der Waals surface area contributed by atoms with Crippen LogP contribution in [0.3, 0.4) is 0 Å². The molecule has 1 aromatic heterocycles. The van der Waals surface area contributed by atoms with Crippen molar-refractivity contribution in [1.82, 2.24) is 4.90 Å². The topological polar surface area (TPSA) is 45.8 Å². The molecule has 1 fully saturated rings. The second-order valence-electron chi connectivity index (χ2n) is 6.96. The van der Waals surface area contributed by atoms with Crippen LogP contribution in [0.15, 0.2) is 62.8 Å². The summed E-state index contributed by atoms with van der Waals surface area (Å²) >= 11 is 13.6. The average molecular weight is 457 g/mol. The number of aryl methyl sites for hydroxylation is 2. The first kappa shape index (κ1) is 20.8. The van der Waals surface area contributed by atoms with Gasteiger partial charge in [-0.1, -0.05) is 29.3 Å². The summed E-state index contributed by atoms with van der Waals surface area (Å²) in [5, 5.41) is 1.74. The highest BCUT2D eigenvalue weighted by molar-refractivity contribution is 8.18. The Kier molecular flexibility index (Phi) is 5.78. The second-order valence-corrected chi connectivity index (χ2v) is 8.82. The molecule has 1 saturated heterocycles. The summed E-state index contributed by atoms with van der Waals surface area (Å²) < 4.78 is 5.89. The van der Waals surface area contributed by atoms with E-state index in [1.807, 2.05) is 31.2 Å². The number of aliphatic imine (C=N–C) groups is 1. The molecule has 0 saturated carbocycles. The maximum Gasteiger partial charge on any atom is 0.266 e. The highest BCUT2D eigenvalue weighted by Crippen LogP contribution is 2.36. The van der Waals surface area contributed by atoms with Crippen LogP contribution < -0.4 is 0 Å². The van der Waals surface area contributed by atoms with Gasteiger partial charge < -0.3 is 4.42 Å². The largest absolute Gasteiger partial charge is 0.457 e. The minimum atomic E-state index is -0.124. The number of rotatable bonds is 3. The number of nitrogens with zero attached hydrogens (tertiary/aromatic N) is 2. The van der Waals surface area contributed by atoms with E-state index in [1.54, 1.807) is 42.3 Å². The Morgan fingerprint density at radius 3 is 2.60 bits per heavy atom. The van der Waals surface area contributed by atoms with Gasteiger partial charge in [-0.2, -0.15) is 0 Å². The van der Waals surface area contributed by atoms with Gasteiger partial charge in [-0.3, -0.25) is 9.69 Å². The number of carbonyl (C=O) groups is 1. The molecule has 0 unspecified atom stereocenters. The molecule has 30 heavy (non-hydrogen) atoms. The van der Waals surface area contributed by atoms with E-state index in [-0.39, 0.29) is 5.91 Å². The summed E-state index contributed by atoms with van der Waals surface area (Å²) in [6, 6.07) is 14.8. The second kappa shape index (κ2) is 8.34. The van der Waals surface area contributed by atoms with Crippen molar-refractivity contribution >= 4 is 57.8 Å². The lowest BCUT2D eigenvalue weighted by molar-refractivity contribution is -0.121. The van der Waals surface area contributed by atoms with E-state index < -0.39 is 0 Å². The van der Waals surface area contributed by atoms with Crippen molar-refractivity contribution in [3.63, 3.8) is 0 Å². The van der Waals surface area contributed by atoms with Crippen LogP contribution in [-0.4, -0.2) is 23.0 Å². The van der Waals surface area contributed by atoms with E-state index in [0.717, 1.165) is 11.3 Å². The molecule has 1 amide bonds. The number of benzene rings is 2. The highest BCUT2D eigenvalue weighted by atomic mass is 35.5. The van der Waals surface area contributed by atoms with Gasteiger partial charge in [-0.15, -0.1) is 0 Å². The van der Waals surface area contributed by atoms with Crippen molar-refractivity contribution in [2.24, 2.45) is 4.99 Å². The van der Waals surface area contributed by atoms with E-state index in [4.69, 9.17) is 27.6 Å². The zero-order valence-corrected chi connectivity index (χ0v) is 18.9. The lowest BCUT2D eigenvalue weighted by Crippen LogP contribution is -2.23. The lowest BCUT2D eigenvalue weighted by Gasteiger charge is -2.08. The number of hydrogen-bond acceptors (Lipinski definition) is 4. The molecule has 1 aliphatic rings. The Balaban J connectivity index is 1.61. The maximum absolute atomic E-state index is 12.7. The maximum atomic E-state index is 12.7. The summed E-state index contributed by atoms with van der Waals surface area (Å²) in [5.74, 6) is 1.02. The Hall–Kier alpha value is -2.47. The van der Waals surface area contributed by atoms with Gasteiger partial charge in [0.1, 0.15) is 11.5 Å². The normalized spacial score (nSPS) is 16.8. The number of carbonyl (C=O) groups excluding carboxylic acids is 1. The smallest absolute Gasteiger partial charge is 0.266 e. The van der Waals surface area contributed by atoms with E-state index in [0.29, 0.717) is 37.2 Å². The van der Waals surface area contributed by atoms with Gasteiger partial charge in [0.2, 0.25) is 0 Å². The number of thioether (sulfide) groups is 1. The molecule has 2 heterocycles. The Morgan fingerprint density at radius 2 is 1.83 bits per heavy atom. The fourth-order valence-corrected chi connectivity index (χ4v) is 4.30. The molecule has 0 bridgehead atoms. The summed E-state index contributed by atoms with van der Waals surface area (Å²) in [6.45, 7) is 4.10. The molecule has 152 valence electrons. The molecule has 0 radical (unpaired) electrons. The minimum absolute atomic E-state index is 0.124. The van der Waals surface area contributed by atoms with Crippen LogP contribution in [-0.2, 0) is 4.79 Å². The summed E-state index contributed by atoms with van der Waals surface area (Å²) in [5.41, 5.74) is 3.88. The zero-order valence-electron chi connectivity index (χ0n) is 16.6. The quantitative estimate of drug-likeness (QED) is 0.394. The molecule has 0 spiro atoms. The van der Waals surface area contributed by atoms with Crippen LogP contribution in [0, 0.1) is 13.8 Å². The summed E-state index contributed by atoms with van der Waals surface area (Å²) in [7, 11) is 1.72. The van der Waals surface area contributed by atoms with Crippen molar-refractivity contribution < 1.29 is 9.21 Å². The first-order valence-corrected chi connectivity index (χ1v) is 10.8.